The number of phenols is 2. The largest absolute Gasteiger partial charge is 0.507 e. The summed E-state index contributed by atoms with van der Waals surface area (Å²) in [5.41, 5.74) is 2.75. The second-order valence-corrected chi connectivity index (χ2v) is 10.4. The Labute approximate surface area is 229 Å². The molecule has 40 heavy (non-hydrogen) atoms. The Kier molecular flexibility index (Phi) is 7.19. The van der Waals surface area contributed by atoms with E-state index in [-0.39, 0.29) is 40.8 Å². The standard InChI is InChI=1S/C28H31NO11/c1-11-23(31)14(29)7-18(39-11)40-16-9-28(36,17(30)10-37-2)8-13-20(16)27(35)22-21(25(13)33)24(32)12-5-4-6-15(38-3)19(12)26(22)34/h4-6,11,14,16,18,23,31,33,35-36H,7-10,29H2,1-3H3/t11?,14?,16-,18-,23+,28-/m0/s1. The van der Waals surface area contributed by atoms with Gasteiger partial charge in [0.05, 0.1) is 42.1 Å². The first-order valence-corrected chi connectivity index (χ1v) is 12.8. The number of methoxy groups -OCH3 is 2. The number of phenolic OH excluding ortho intramolecular Hbond substituents is 2. The van der Waals surface area contributed by atoms with Gasteiger partial charge < -0.3 is 45.1 Å². The van der Waals surface area contributed by atoms with Crippen LogP contribution in [0.2, 0.25) is 0 Å². The molecule has 0 bridgehead atoms. The van der Waals surface area contributed by atoms with Gasteiger partial charge >= 0.3 is 0 Å². The lowest BCUT2D eigenvalue weighted by Gasteiger charge is -2.42. The number of carbonyl (C=O) groups excluding carboxylic acids is 3. The topological polar surface area (TPSA) is 195 Å². The van der Waals surface area contributed by atoms with Crippen molar-refractivity contribution in [2.45, 2.75) is 62.4 Å². The van der Waals surface area contributed by atoms with Crippen molar-refractivity contribution in [3.05, 3.63) is 51.6 Å². The Morgan fingerprint density at radius 1 is 1.12 bits per heavy atom. The molecule has 2 aromatic rings. The maximum Gasteiger partial charge on any atom is 0.202 e. The average Bonchev–Trinajstić information content (AvgIpc) is 2.91. The van der Waals surface area contributed by atoms with Crippen molar-refractivity contribution in [2.24, 2.45) is 5.73 Å². The van der Waals surface area contributed by atoms with Gasteiger partial charge in [0.1, 0.15) is 29.5 Å². The van der Waals surface area contributed by atoms with E-state index >= 15 is 0 Å². The number of fused-ring (bicyclic) bond motifs is 3. The Hall–Kier alpha value is -3.39. The number of carbonyl (C=O) groups is 3. The summed E-state index contributed by atoms with van der Waals surface area (Å²) in [5, 5.41) is 44.6. The van der Waals surface area contributed by atoms with Crippen molar-refractivity contribution in [3.63, 3.8) is 0 Å². The zero-order valence-corrected chi connectivity index (χ0v) is 22.2. The number of rotatable bonds is 6. The predicted molar refractivity (Wildman–Crippen MR) is 137 cm³/mol. The first-order chi connectivity index (χ1) is 18.9. The maximum absolute atomic E-state index is 13.7. The van der Waals surface area contributed by atoms with Crippen LogP contribution in [0.15, 0.2) is 18.2 Å². The molecule has 12 nitrogen and oxygen atoms in total. The average molecular weight is 558 g/mol. The summed E-state index contributed by atoms with van der Waals surface area (Å²) < 4.78 is 22.1. The minimum atomic E-state index is -2.11. The second-order valence-electron chi connectivity index (χ2n) is 10.4. The molecule has 2 aromatic carbocycles. The van der Waals surface area contributed by atoms with Crippen LogP contribution in [0.1, 0.15) is 68.8 Å². The summed E-state index contributed by atoms with van der Waals surface area (Å²) in [6, 6.07) is 3.71. The third-order valence-electron chi connectivity index (χ3n) is 7.94. The van der Waals surface area contributed by atoms with Crippen molar-refractivity contribution >= 4 is 17.3 Å². The van der Waals surface area contributed by atoms with Crippen LogP contribution in [0, 0.1) is 0 Å². The smallest absolute Gasteiger partial charge is 0.202 e. The number of hydrogen-bond donors (Lipinski definition) is 5. The lowest BCUT2D eigenvalue weighted by atomic mass is 9.72. The summed E-state index contributed by atoms with van der Waals surface area (Å²) in [7, 11) is 2.62. The molecule has 0 aromatic heterocycles. The molecule has 0 radical (unpaired) electrons. The fourth-order valence-electron chi connectivity index (χ4n) is 5.87. The van der Waals surface area contributed by atoms with Crippen LogP contribution in [0.25, 0.3) is 0 Å². The van der Waals surface area contributed by atoms with Crippen molar-refractivity contribution in [2.75, 3.05) is 20.8 Å². The van der Waals surface area contributed by atoms with E-state index in [0.717, 1.165) is 0 Å². The van der Waals surface area contributed by atoms with Gasteiger partial charge in [0.2, 0.25) is 5.78 Å². The van der Waals surface area contributed by atoms with Crippen LogP contribution in [0.4, 0.5) is 0 Å². The summed E-state index contributed by atoms with van der Waals surface area (Å²) in [6.07, 6.45) is -4.80. The fourth-order valence-corrected chi connectivity index (χ4v) is 5.87. The number of Topliss-reactive ketones (excluding diaryl/α,β-unsaturated/α-hetero) is 1. The van der Waals surface area contributed by atoms with Crippen molar-refractivity contribution < 1.29 is 53.8 Å². The van der Waals surface area contributed by atoms with Gasteiger partial charge in [-0.15, -0.1) is 0 Å². The molecule has 0 saturated carbocycles. The number of hydrogen-bond acceptors (Lipinski definition) is 12. The maximum atomic E-state index is 13.7. The van der Waals surface area contributed by atoms with Gasteiger partial charge in [-0.1, -0.05) is 12.1 Å². The van der Waals surface area contributed by atoms with E-state index in [2.05, 4.69) is 0 Å². The van der Waals surface area contributed by atoms with Crippen LogP contribution in [0.5, 0.6) is 17.2 Å². The molecule has 1 aliphatic heterocycles. The summed E-state index contributed by atoms with van der Waals surface area (Å²) >= 11 is 0. The van der Waals surface area contributed by atoms with Crippen molar-refractivity contribution in [1.29, 1.82) is 0 Å². The molecule has 1 heterocycles. The van der Waals surface area contributed by atoms with E-state index in [1.54, 1.807) is 6.92 Å². The third kappa shape index (κ3) is 4.28. The highest BCUT2D eigenvalue weighted by molar-refractivity contribution is 6.31. The molecular formula is C28H31NO11. The quantitative estimate of drug-likeness (QED) is 0.266. The molecule has 0 spiro atoms. The van der Waals surface area contributed by atoms with Gasteiger partial charge in [-0.3, -0.25) is 14.4 Å². The molecule has 214 valence electrons. The third-order valence-corrected chi connectivity index (χ3v) is 7.94. The van der Waals surface area contributed by atoms with Crippen molar-refractivity contribution in [1.82, 2.24) is 0 Å². The van der Waals surface area contributed by atoms with Gasteiger partial charge in [-0.25, -0.2) is 0 Å². The van der Waals surface area contributed by atoms with Crippen LogP contribution >= 0.6 is 0 Å². The van der Waals surface area contributed by atoms with Gasteiger partial charge in [-0.2, -0.15) is 0 Å². The normalized spacial score (nSPS) is 29.4. The molecule has 1 saturated heterocycles. The molecule has 2 aliphatic carbocycles. The summed E-state index contributed by atoms with van der Waals surface area (Å²) in [5.74, 6) is -3.37. The molecule has 6 N–H and O–H groups in total. The minimum Gasteiger partial charge on any atom is -0.507 e. The number of nitrogens with two attached hydrogens (primary N) is 1. The SMILES string of the molecule is COCC(=O)[C@]1(O)Cc2c(O)c3c(c(O)c2[C@@H](O[C@H]2CC(N)[C@H](O)C(C)O2)C1)C(=O)c1c(OC)cccc1C3=O. The van der Waals surface area contributed by atoms with Gasteiger partial charge in [0.25, 0.3) is 0 Å². The highest BCUT2D eigenvalue weighted by atomic mass is 16.7. The Morgan fingerprint density at radius 3 is 2.48 bits per heavy atom. The molecular weight excluding hydrogens is 526 g/mol. The molecule has 12 heteroatoms. The Balaban J connectivity index is 1.68. The molecule has 5 rings (SSSR count). The van der Waals surface area contributed by atoms with Crippen LogP contribution < -0.4 is 10.5 Å². The number of aromatic hydroxyl groups is 2. The molecule has 1 fully saturated rings. The zero-order chi connectivity index (χ0) is 29.1. The summed E-state index contributed by atoms with van der Waals surface area (Å²) in [6.45, 7) is 1.15. The lowest BCUT2D eigenvalue weighted by Crippen LogP contribution is -2.53. The van der Waals surface area contributed by atoms with Crippen LogP contribution in [0.3, 0.4) is 0 Å². The highest BCUT2D eigenvalue weighted by Gasteiger charge is 2.50. The van der Waals surface area contributed by atoms with Crippen LogP contribution in [-0.2, 0) is 25.4 Å². The first kappa shape index (κ1) is 28.1. The van der Waals surface area contributed by atoms with Gasteiger partial charge in [0.15, 0.2) is 17.9 Å². The second kappa shape index (κ2) is 10.2. The predicted octanol–water partition coefficient (Wildman–Crippen LogP) is 0.655. The van der Waals surface area contributed by atoms with Crippen LogP contribution in [-0.4, -0.2) is 88.7 Å². The molecule has 2 unspecified atom stereocenters. The Morgan fingerprint density at radius 2 is 1.82 bits per heavy atom. The number of ether oxygens (including phenoxy) is 4. The first-order valence-electron chi connectivity index (χ1n) is 12.8. The molecule has 3 aliphatic rings. The highest BCUT2D eigenvalue weighted by Crippen LogP contribution is 2.52. The monoisotopic (exact) mass is 557 g/mol. The number of aliphatic hydroxyl groups excluding tert-OH is 1. The Bertz CT molecular complexity index is 1390. The lowest BCUT2D eigenvalue weighted by molar-refractivity contribution is -0.247. The van der Waals surface area contributed by atoms with Crippen molar-refractivity contribution in [3.8, 4) is 17.2 Å². The van der Waals surface area contributed by atoms with E-state index in [0.29, 0.717) is 0 Å². The van der Waals surface area contributed by atoms with E-state index < -0.39 is 89.2 Å². The molecule has 0 amide bonds. The van der Waals surface area contributed by atoms with E-state index in [9.17, 15) is 34.8 Å². The number of aliphatic hydroxyl groups is 2. The van der Waals surface area contributed by atoms with E-state index in [4.69, 9.17) is 24.7 Å². The fraction of sp³-hybridized carbons (Fsp3) is 0.464. The van der Waals surface area contributed by atoms with Gasteiger partial charge in [0, 0.05) is 49.1 Å². The number of benzene rings is 2. The number of ketones is 3. The van der Waals surface area contributed by atoms with Gasteiger partial charge in [-0.05, 0) is 13.0 Å². The molecule has 6 atom stereocenters. The minimum absolute atomic E-state index is 0.0297. The van der Waals surface area contributed by atoms with E-state index in [1.807, 2.05) is 0 Å². The van der Waals surface area contributed by atoms with E-state index in [1.165, 1.54) is 32.4 Å². The zero-order valence-electron chi connectivity index (χ0n) is 22.2. The summed E-state index contributed by atoms with van der Waals surface area (Å²) in [4.78, 5) is 40.2.